The lowest BCUT2D eigenvalue weighted by Crippen LogP contribution is -2.45. The second-order valence-corrected chi connectivity index (χ2v) is 6.75. The molecule has 4 heteroatoms. The fraction of sp³-hybridized carbons (Fsp3) is 0.526. The number of nitrogens with zero attached hydrogens (tertiary/aromatic N) is 4. The second kappa shape index (κ2) is 6.85. The van der Waals surface area contributed by atoms with Crippen LogP contribution in [0.2, 0.25) is 0 Å². The molecule has 23 heavy (non-hydrogen) atoms. The van der Waals surface area contributed by atoms with Crippen molar-refractivity contribution in [1.29, 1.82) is 0 Å². The SMILES string of the molecule is Cc1ccccc1CN1CCN(Cc2c(C)nn(C)c2C)CC1. The molecule has 1 aromatic heterocycles. The number of aromatic nitrogens is 2. The minimum atomic E-state index is 1.03. The quantitative estimate of drug-likeness (QED) is 0.867. The molecule has 4 nitrogen and oxygen atoms in total. The minimum absolute atomic E-state index is 1.03. The van der Waals surface area contributed by atoms with Gasteiger partial charge in [-0.05, 0) is 31.9 Å². The number of hydrogen-bond donors (Lipinski definition) is 0. The highest BCUT2D eigenvalue weighted by Crippen LogP contribution is 2.17. The van der Waals surface area contributed by atoms with E-state index in [1.165, 1.54) is 28.1 Å². The maximum absolute atomic E-state index is 4.54. The molecule has 0 N–H and O–H groups in total. The lowest BCUT2D eigenvalue weighted by molar-refractivity contribution is 0.121. The summed E-state index contributed by atoms with van der Waals surface area (Å²) < 4.78 is 2.00. The van der Waals surface area contributed by atoms with Crippen molar-refractivity contribution in [3.63, 3.8) is 0 Å². The third kappa shape index (κ3) is 3.65. The van der Waals surface area contributed by atoms with E-state index in [0.29, 0.717) is 0 Å². The van der Waals surface area contributed by atoms with Gasteiger partial charge in [0, 0.05) is 57.6 Å². The van der Waals surface area contributed by atoms with Crippen LogP contribution in [-0.2, 0) is 20.1 Å². The van der Waals surface area contributed by atoms with Gasteiger partial charge in [-0.3, -0.25) is 14.5 Å². The zero-order valence-corrected chi connectivity index (χ0v) is 14.8. The van der Waals surface area contributed by atoms with Crippen LogP contribution in [0.15, 0.2) is 24.3 Å². The van der Waals surface area contributed by atoms with Crippen molar-refractivity contribution in [2.45, 2.75) is 33.9 Å². The molecule has 0 radical (unpaired) electrons. The van der Waals surface area contributed by atoms with Crippen molar-refractivity contribution in [2.75, 3.05) is 26.2 Å². The van der Waals surface area contributed by atoms with E-state index in [0.717, 1.165) is 39.3 Å². The molecule has 124 valence electrons. The summed E-state index contributed by atoms with van der Waals surface area (Å²) in [6.07, 6.45) is 0. The summed E-state index contributed by atoms with van der Waals surface area (Å²) in [6, 6.07) is 8.73. The Morgan fingerprint density at radius 1 is 0.913 bits per heavy atom. The van der Waals surface area contributed by atoms with Crippen LogP contribution >= 0.6 is 0 Å². The Hall–Kier alpha value is -1.65. The Kier molecular flexibility index (Phi) is 4.83. The van der Waals surface area contributed by atoms with E-state index in [2.05, 4.69) is 59.9 Å². The maximum Gasteiger partial charge on any atom is 0.0641 e. The van der Waals surface area contributed by atoms with Crippen LogP contribution in [0.1, 0.15) is 28.1 Å². The van der Waals surface area contributed by atoms with Gasteiger partial charge < -0.3 is 0 Å². The van der Waals surface area contributed by atoms with Crippen LogP contribution in [0, 0.1) is 20.8 Å². The monoisotopic (exact) mass is 312 g/mol. The zero-order chi connectivity index (χ0) is 16.4. The van der Waals surface area contributed by atoms with Crippen molar-refractivity contribution in [3.8, 4) is 0 Å². The van der Waals surface area contributed by atoms with Gasteiger partial charge in [0.15, 0.2) is 0 Å². The van der Waals surface area contributed by atoms with Gasteiger partial charge in [-0.2, -0.15) is 5.10 Å². The van der Waals surface area contributed by atoms with Crippen LogP contribution in [-0.4, -0.2) is 45.8 Å². The predicted octanol–water partition coefficient (Wildman–Crippen LogP) is 2.66. The highest BCUT2D eigenvalue weighted by atomic mass is 15.3. The summed E-state index contributed by atoms with van der Waals surface area (Å²) in [5.74, 6) is 0. The number of hydrogen-bond acceptors (Lipinski definition) is 3. The summed E-state index contributed by atoms with van der Waals surface area (Å²) >= 11 is 0. The van der Waals surface area contributed by atoms with E-state index >= 15 is 0 Å². The molecule has 2 heterocycles. The van der Waals surface area contributed by atoms with Gasteiger partial charge in [0.25, 0.3) is 0 Å². The molecule has 0 amide bonds. The Morgan fingerprint density at radius 2 is 1.52 bits per heavy atom. The molecular formula is C19H28N4. The van der Waals surface area contributed by atoms with Crippen molar-refractivity contribution in [1.82, 2.24) is 19.6 Å². The van der Waals surface area contributed by atoms with Gasteiger partial charge in [0.1, 0.15) is 0 Å². The van der Waals surface area contributed by atoms with Gasteiger partial charge in [-0.1, -0.05) is 24.3 Å². The molecule has 1 aliphatic rings. The standard InChI is InChI=1S/C19H28N4/c1-15-7-5-6-8-18(15)13-22-9-11-23(12-10-22)14-19-16(2)20-21(4)17(19)3/h5-8H,9-14H2,1-4H3. The van der Waals surface area contributed by atoms with E-state index in [1.807, 2.05) is 11.7 Å². The van der Waals surface area contributed by atoms with Crippen LogP contribution in [0.25, 0.3) is 0 Å². The first-order valence-electron chi connectivity index (χ1n) is 8.53. The first-order valence-corrected chi connectivity index (χ1v) is 8.53. The van der Waals surface area contributed by atoms with Crippen LogP contribution in [0.3, 0.4) is 0 Å². The van der Waals surface area contributed by atoms with Crippen molar-refractivity contribution < 1.29 is 0 Å². The maximum atomic E-state index is 4.54. The van der Waals surface area contributed by atoms with Crippen molar-refractivity contribution in [2.24, 2.45) is 7.05 Å². The van der Waals surface area contributed by atoms with Gasteiger partial charge in [-0.25, -0.2) is 0 Å². The van der Waals surface area contributed by atoms with E-state index in [-0.39, 0.29) is 0 Å². The van der Waals surface area contributed by atoms with E-state index < -0.39 is 0 Å². The molecule has 2 aromatic rings. The molecular weight excluding hydrogens is 284 g/mol. The Morgan fingerprint density at radius 3 is 2.09 bits per heavy atom. The number of aryl methyl sites for hydroxylation is 3. The lowest BCUT2D eigenvalue weighted by atomic mass is 10.1. The second-order valence-electron chi connectivity index (χ2n) is 6.75. The molecule has 0 aliphatic carbocycles. The molecule has 1 saturated heterocycles. The van der Waals surface area contributed by atoms with E-state index in [4.69, 9.17) is 0 Å². The predicted molar refractivity (Wildman–Crippen MR) is 94.4 cm³/mol. The molecule has 1 fully saturated rings. The fourth-order valence-electron chi connectivity index (χ4n) is 3.40. The van der Waals surface area contributed by atoms with E-state index in [9.17, 15) is 0 Å². The Labute approximate surface area is 139 Å². The average molecular weight is 312 g/mol. The fourth-order valence-corrected chi connectivity index (χ4v) is 3.40. The average Bonchev–Trinajstić information content (AvgIpc) is 2.78. The summed E-state index contributed by atoms with van der Waals surface area (Å²) in [7, 11) is 2.03. The number of piperazine rings is 1. The smallest absolute Gasteiger partial charge is 0.0641 e. The molecule has 0 bridgehead atoms. The lowest BCUT2D eigenvalue weighted by Gasteiger charge is -2.35. The summed E-state index contributed by atoms with van der Waals surface area (Å²) in [4.78, 5) is 5.13. The van der Waals surface area contributed by atoms with Crippen LogP contribution in [0.4, 0.5) is 0 Å². The van der Waals surface area contributed by atoms with Crippen molar-refractivity contribution >= 4 is 0 Å². The van der Waals surface area contributed by atoms with Gasteiger partial charge in [0.2, 0.25) is 0 Å². The molecule has 1 aromatic carbocycles. The highest BCUT2D eigenvalue weighted by molar-refractivity contribution is 5.26. The largest absolute Gasteiger partial charge is 0.297 e. The van der Waals surface area contributed by atoms with Gasteiger partial charge in [0.05, 0.1) is 5.69 Å². The first kappa shape index (κ1) is 16.2. The number of rotatable bonds is 4. The van der Waals surface area contributed by atoms with E-state index in [1.54, 1.807) is 0 Å². The Balaban J connectivity index is 1.55. The minimum Gasteiger partial charge on any atom is -0.297 e. The highest BCUT2D eigenvalue weighted by Gasteiger charge is 2.20. The molecule has 1 aliphatic heterocycles. The van der Waals surface area contributed by atoms with Crippen molar-refractivity contribution in [3.05, 3.63) is 52.3 Å². The third-order valence-electron chi connectivity index (χ3n) is 5.16. The topological polar surface area (TPSA) is 24.3 Å². The van der Waals surface area contributed by atoms with Crippen LogP contribution in [0.5, 0.6) is 0 Å². The first-order chi connectivity index (χ1) is 11.0. The summed E-state index contributed by atoms with van der Waals surface area (Å²) in [5.41, 5.74) is 6.73. The summed E-state index contributed by atoms with van der Waals surface area (Å²) in [6.45, 7) is 13.2. The Bertz CT molecular complexity index is 666. The normalized spacial score (nSPS) is 16.9. The van der Waals surface area contributed by atoms with Gasteiger partial charge >= 0.3 is 0 Å². The number of benzene rings is 1. The molecule has 0 spiro atoms. The molecule has 0 unspecified atom stereocenters. The third-order valence-corrected chi connectivity index (χ3v) is 5.16. The molecule has 3 rings (SSSR count). The molecule has 0 atom stereocenters. The molecule has 0 saturated carbocycles. The zero-order valence-electron chi connectivity index (χ0n) is 14.8. The van der Waals surface area contributed by atoms with Gasteiger partial charge in [-0.15, -0.1) is 0 Å². The van der Waals surface area contributed by atoms with Crippen LogP contribution < -0.4 is 0 Å². The summed E-state index contributed by atoms with van der Waals surface area (Å²) in [5, 5.41) is 4.54.